The Morgan fingerprint density at radius 1 is 1.20 bits per heavy atom. The molecule has 112 valence electrons. The lowest BCUT2D eigenvalue weighted by Gasteiger charge is -2.28. The summed E-state index contributed by atoms with van der Waals surface area (Å²) in [5.74, 6) is 0.840. The maximum absolute atomic E-state index is 11.0. The molecule has 0 saturated heterocycles. The van der Waals surface area contributed by atoms with Crippen molar-refractivity contribution < 1.29 is 5.11 Å². The quantitative estimate of drug-likeness (QED) is 0.770. The van der Waals surface area contributed by atoms with E-state index in [1.807, 2.05) is 0 Å². The van der Waals surface area contributed by atoms with Crippen LogP contribution in [0.3, 0.4) is 0 Å². The smallest absolute Gasteiger partial charge is 0.0688 e. The molecule has 1 aliphatic carbocycles. The van der Waals surface area contributed by atoms with Gasteiger partial charge in [-0.1, -0.05) is 56.4 Å². The number of hydrogen-bond donors (Lipinski definition) is 1. The van der Waals surface area contributed by atoms with Crippen LogP contribution in [0.15, 0.2) is 18.2 Å². The molecule has 2 rings (SSSR count). The second-order valence-corrected chi connectivity index (χ2v) is 6.92. The van der Waals surface area contributed by atoms with Gasteiger partial charge in [-0.3, -0.25) is 0 Å². The molecule has 0 heterocycles. The summed E-state index contributed by atoms with van der Waals surface area (Å²) in [5.41, 5.74) is 3.48. The largest absolute Gasteiger partial charge is 0.390 e. The number of aliphatic hydroxyl groups is 1. The van der Waals surface area contributed by atoms with Crippen LogP contribution in [0.25, 0.3) is 0 Å². The van der Waals surface area contributed by atoms with E-state index in [0.717, 1.165) is 25.2 Å². The molecule has 0 spiro atoms. The van der Waals surface area contributed by atoms with E-state index < -0.39 is 5.60 Å². The SMILES string of the molecule is CCCC1CCCC(O)(Cc2cc(C)ccc2C)CC1. The molecular formula is C19H30O. The zero-order chi connectivity index (χ0) is 14.6. The molecule has 1 aromatic rings. The summed E-state index contributed by atoms with van der Waals surface area (Å²) in [6.07, 6.45) is 9.09. The molecule has 2 unspecified atom stereocenters. The van der Waals surface area contributed by atoms with Crippen molar-refractivity contribution in [3.8, 4) is 0 Å². The van der Waals surface area contributed by atoms with Crippen LogP contribution in [-0.2, 0) is 6.42 Å². The summed E-state index contributed by atoms with van der Waals surface area (Å²) in [6, 6.07) is 6.60. The molecule has 0 aliphatic heterocycles. The van der Waals surface area contributed by atoms with Crippen LogP contribution in [0.4, 0.5) is 0 Å². The first-order valence-electron chi connectivity index (χ1n) is 8.31. The van der Waals surface area contributed by atoms with Crippen molar-refractivity contribution in [2.75, 3.05) is 0 Å². The molecule has 0 bridgehead atoms. The van der Waals surface area contributed by atoms with Crippen LogP contribution in [0, 0.1) is 19.8 Å². The van der Waals surface area contributed by atoms with Crippen molar-refractivity contribution in [3.05, 3.63) is 34.9 Å². The van der Waals surface area contributed by atoms with Crippen molar-refractivity contribution in [1.29, 1.82) is 0 Å². The minimum atomic E-state index is -0.471. The Balaban J connectivity index is 2.05. The third kappa shape index (κ3) is 4.09. The Bertz CT molecular complexity index is 437. The molecular weight excluding hydrogens is 244 g/mol. The summed E-state index contributed by atoms with van der Waals surface area (Å²) in [6.45, 7) is 6.57. The molecule has 1 aromatic carbocycles. The highest BCUT2D eigenvalue weighted by molar-refractivity contribution is 5.31. The summed E-state index contributed by atoms with van der Waals surface area (Å²) in [5, 5.41) is 11.0. The lowest BCUT2D eigenvalue weighted by atomic mass is 9.85. The predicted molar refractivity (Wildman–Crippen MR) is 86.1 cm³/mol. The third-order valence-corrected chi connectivity index (χ3v) is 4.99. The minimum absolute atomic E-state index is 0.471. The maximum atomic E-state index is 11.0. The third-order valence-electron chi connectivity index (χ3n) is 4.99. The topological polar surface area (TPSA) is 20.2 Å². The van der Waals surface area contributed by atoms with Gasteiger partial charge < -0.3 is 5.11 Å². The van der Waals surface area contributed by atoms with E-state index in [4.69, 9.17) is 0 Å². The molecule has 0 amide bonds. The monoisotopic (exact) mass is 274 g/mol. The Labute approximate surface area is 124 Å². The number of rotatable bonds is 4. The van der Waals surface area contributed by atoms with Crippen LogP contribution < -0.4 is 0 Å². The first-order chi connectivity index (χ1) is 9.52. The van der Waals surface area contributed by atoms with Gasteiger partial charge in [-0.15, -0.1) is 0 Å². The van der Waals surface area contributed by atoms with Gasteiger partial charge in [0.25, 0.3) is 0 Å². The number of hydrogen-bond acceptors (Lipinski definition) is 1. The molecule has 1 N–H and O–H groups in total. The van der Waals surface area contributed by atoms with Gasteiger partial charge in [-0.05, 0) is 50.2 Å². The van der Waals surface area contributed by atoms with Crippen molar-refractivity contribution in [3.63, 3.8) is 0 Å². The van der Waals surface area contributed by atoms with Crippen LogP contribution in [0.2, 0.25) is 0 Å². The van der Waals surface area contributed by atoms with Crippen LogP contribution in [0.5, 0.6) is 0 Å². The second-order valence-electron chi connectivity index (χ2n) is 6.92. The minimum Gasteiger partial charge on any atom is -0.390 e. The predicted octanol–water partition coefficient (Wildman–Crippen LogP) is 4.96. The lowest BCUT2D eigenvalue weighted by Crippen LogP contribution is -2.31. The summed E-state index contributed by atoms with van der Waals surface area (Å²) < 4.78 is 0. The van der Waals surface area contributed by atoms with Crippen molar-refractivity contribution >= 4 is 0 Å². The Kier molecular flexibility index (Phi) is 5.26. The lowest BCUT2D eigenvalue weighted by molar-refractivity contribution is 0.0239. The fraction of sp³-hybridized carbons (Fsp3) is 0.684. The fourth-order valence-corrected chi connectivity index (χ4v) is 3.68. The van der Waals surface area contributed by atoms with Gasteiger partial charge in [-0.2, -0.15) is 0 Å². The molecule has 1 nitrogen and oxygen atoms in total. The van der Waals surface area contributed by atoms with Gasteiger partial charge in [0, 0.05) is 6.42 Å². The van der Waals surface area contributed by atoms with Gasteiger partial charge >= 0.3 is 0 Å². The maximum Gasteiger partial charge on any atom is 0.0688 e. The van der Waals surface area contributed by atoms with Crippen molar-refractivity contribution in [1.82, 2.24) is 0 Å². The Morgan fingerprint density at radius 2 is 2.00 bits per heavy atom. The van der Waals surface area contributed by atoms with Gasteiger partial charge in [-0.25, -0.2) is 0 Å². The van der Waals surface area contributed by atoms with Crippen LogP contribution in [0.1, 0.15) is 68.6 Å². The zero-order valence-electron chi connectivity index (χ0n) is 13.4. The van der Waals surface area contributed by atoms with Crippen LogP contribution in [-0.4, -0.2) is 10.7 Å². The van der Waals surface area contributed by atoms with Gasteiger partial charge in [0.1, 0.15) is 0 Å². The van der Waals surface area contributed by atoms with E-state index in [-0.39, 0.29) is 0 Å². The fourth-order valence-electron chi connectivity index (χ4n) is 3.68. The highest BCUT2D eigenvalue weighted by Gasteiger charge is 2.31. The van der Waals surface area contributed by atoms with E-state index in [1.54, 1.807) is 0 Å². The number of benzene rings is 1. The Morgan fingerprint density at radius 3 is 2.75 bits per heavy atom. The highest BCUT2D eigenvalue weighted by Crippen LogP contribution is 2.35. The van der Waals surface area contributed by atoms with Crippen LogP contribution >= 0.6 is 0 Å². The molecule has 1 saturated carbocycles. The molecule has 1 aliphatic rings. The molecule has 0 radical (unpaired) electrons. The summed E-state index contributed by atoms with van der Waals surface area (Å²) in [4.78, 5) is 0. The zero-order valence-corrected chi connectivity index (χ0v) is 13.4. The van der Waals surface area contributed by atoms with E-state index >= 15 is 0 Å². The first-order valence-corrected chi connectivity index (χ1v) is 8.31. The summed E-state index contributed by atoms with van der Waals surface area (Å²) >= 11 is 0. The highest BCUT2D eigenvalue weighted by atomic mass is 16.3. The molecule has 20 heavy (non-hydrogen) atoms. The van der Waals surface area contributed by atoms with Gasteiger partial charge in [0.05, 0.1) is 5.60 Å². The average Bonchev–Trinajstić information content (AvgIpc) is 2.57. The van der Waals surface area contributed by atoms with E-state index in [2.05, 4.69) is 39.0 Å². The summed E-state index contributed by atoms with van der Waals surface area (Å²) in [7, 11) is 0. The van der Waals surface area contributed by atoms with E-state index in [0.29, 0.717) is 0 Å². The second kappa shape index (κ2) is 6.76. The van der Waals surface area contributed by atoms with Gasteiger partial charge in [0.15, 0.2) is 0 Å². The van der Waals surface area contributed by atoms with Crippen molar-refractivity contribution in [2.45, 2.75) is 77.7 Å². The van der Waals surface area contributed by atoms with Gasteiger partial charge in [0.2, 0.25) is 0 Å². The number of aryl methyl sites for hydroxylation is 2. The normalized spacial score (nSPS) is 27.3. The molecule has 0 aromatic heterocycles. The van der Waals surface area contributed by atoms with E-state index in [1.165, 1.54) is 48.8 Å². The van der Waals surface area contributed by atoms with E-state index in [9.17, 15) is 5.11 Å². The standard InChI is InChI=1S/C19H30O/c1-4-6-17-7-5-11-19(20,12-10-17)14-18-13-15(2)8-9-16(18)3/h8-9,13,17,20H,4-7,10-12,14H2,1-3H3. The first kappa shape index (κ1) is 15.6. The Hall–Kier alpha value is -0.820. The molecule has 1 fully saturated rings. The molecule has 2 atom stereocenters. The molecule has 1 heteroatoms. The van der Waals surface area contributed by atoms with Crippen molar-refractivity contribution in [2.24, 2.45) is 5.92 Å². The average molecular weight is 274 g/mol.